The third-order valence-electron chi connectivity index (χ3n) is 5.16. The van der Waals surface area contributed by atoms with E-state index in [1.165, 1.54) is 0 Å². The number of ether oxygens (including phenoxy) is 1. The molecular formula is C19H27Cl2N5O3. The molecule has 3 heterocycles. The molecule has 1 amide bonds. The van der Waals surface area contributed by atoms with Crippen LogP contribution in [0.1, 0.15) is 18.7 Å². The van der Waals surface area contributed by atoms with Crippen molar-refractivity contribution in [2.45, 2.75) is 31.5 Å². The predicted molar refractivity (Wildman–Crippen MR) is 116 cm³/mol. The number of para-hydroxylation sites is 1. The van der Waals surface area contributed by atoms with Crippen molar-refractivity contribution < 1.29 is 9.53 Å². The number of amides is 1. The van der Waals surface area contributed by atoms with Crippen molar-refractivity contribution in [2.75, 3.05) is 32.8 Å². The van der Waals surface area contributed by atoms with Gasteiger partial charge >= 0.3 is 0 Å². The van der Waals surface area contributed by atoms with Crippen LogP contribution < -0.4 is 16.2 Å². The Labute approximate surface area is 181 Å². The number of aromatic nitrogens is 2. The molecule has 2 aromatic rings. The standard InChI is InChI=1S/C19H25N5O3.2ClH/c25-18-14-5-1-2-6-15(14)22-17(23-18)12-24-8-9-27-16(11-24)19(26)21-10-13-4-3-7-20-13;;/h1-2,5-6,13,16,20H,3-4,7-12H2,(H,21,26)(H,22,23,25);2*1H. The maximum Gasteiger partial charge on any atom is 0.258 e. The number of benzene rings is 1. The summed E-state index contributed by atoms with van der Waals surface area (Å²) in [6, 6.07) is 7.65. The smallest absolute Gasteiger partial charge is 0.258 e. The van der Waals surface area contributed by atoms with E-state index in [4.69, 9.17) is 4.74 Å². The lowest BCUT2D eigenvalue weighted by atomic mass is 10.2. The van der Waals surface area contributed by atoms with E-state index in [1.807, 2.05) is 18.2 Å². The summed E-state index contributed by atoms with van der Waals surface area (Å²) in [5.74, 6) is 0.531. The zero-order valence-corrected chi connectivity index (χ0v) is 17.7. The highest BCUT2D eigenvalue weighted by Crippen LogP contribution is 2.11. The van der Waals surface area contributed by atoms with Crippen LogP contribution in [-0.2, 0) is 16.1 Å². The Morgan fingerprint density at radius 3 is 2.93 bits per heavy atom. The fourth-order valence-electron chi connectivity index (χ4n) is 3.69. The number of carbonyl (C=O) groups excluding carboxylic acids is 1. The normalized spacial score (nSPS) is 21.9. The van der Waals surface area contributed by atoms with Crippen LogP contribution in [0, 0.1) is 0 Å². The molecule has 0 radical (unpaired) electrons. The molecule has 1 aromatic carbocycles. The number of morpholine rings is 1. The Balaban J connectivity index is 0.00000150. The first kappa shape index (κ1) is 23.6. The molecule has 3 N–H and O–H groups in total. The zero-order chi connectivity index (χ0) is 18.6. The lowest BCUT2D eigenvalue weighted by Crippen LogP contribution is -2.51. The molecule has 0 saturated carbocycles. The van der Waals surface area contributed by atoms with Crippen molar-refractivity contribution in [3.8, 4) is 0 Å². The van der Waals surface area contributed by atoms with Crippen LogP contribution in [0.25, 0.3) is 10.9 Å². The third-order valence-corrected chi connectivity index (χ3v) is 5.16. The predicted octanol–water partition coefficient (Wildman–Crippen LogP) is 0.836. The Morgan fingerprint density at radius 2 is 2.14 bits per heavy atom. The van der Waals surface area contributed by atoms with Crippen molar-refractivity contribution in [1.29, 1.82) is 0 Å². The van der Waals surface area contributed by atoms with Crippen LogP contribution in [0.4, 0.5) is 0 Å². The molecule has 29 heavy (non-hydrogen) atoms. The van der Waals surface area contributed by atoms with E-state index >= 15 is 0 Å². The first-order valence-corrected chi connectivity index (χ1v) is 9.52. The SMILES string of the molecule is Cl.Cl.O=C(NCC1CCCN1)C1CN(Cc2nc3ccccc3c(=O)[nH]2)CCO1. The summed E-state index contributed by atoms with van der Waals surface area (Å²) in [7, 11) is 0. The Kier molecular flexibility index (Phi) is 8.85. The summed E-state index contributed by atoms with van der Waals surface area (Å²) in [4.78, 5) is 34.1. The van der Waals surface area contributed by atoms with Gasteiger partial charge in [-0.1, -0.05) is 12.1 Å². The van der Waals surface area contributed by atoms with Crippen molar-refractivity contribution >= 4 is 41.6 Å². The molecule has 2 atom stereocenters. The summed E-state index contributed by atoms with van der Waals surface area (Å²) >= 11 is 0. The van der Waals surface area contributed by atoms with Crippen molar-refractivity contribution in [1.82, 2.24) is 25.5 Å². The van der Waals surface area contributed by atoms with Crippen LogP contribution in [0.2, 0.25) is 0 Å². The van der Waals surface area contributed by atoms with Crippen LogP contribution in [0.3, 0.4) is 0 Å². The number of halogens is 2. The molecule has 8 nitrogen and oxygen atoms in total. The molecule has 2 aliphatic rings. The second-order valence-electron chi connectivity index (χ2n) is 7.16. The topological polar surface area (TPSA) is 99.4 Å². The lowest BCUT2D eigenvalue weighted by Gasteiger charge is -2.32. The molecule has 1 aromatic heterocycles. The molecule has 2 aliphatic heterocycles. The van der Waals surface area contributed by atoms with E-state index in [9.17, 15) is 9.59 Å². The molecule has 2 unspecified atom stereocenters. The number of fused-ring (bicyclic) bond motifs is 1. The minimum atomic E-state index is -0.493. The number of carbonyl (C=O) groups is 1. The van der Waals surface area contributed by atoms with E-state index in [1.54, 1.807) is 6.07 Å². The Bertz CT molecular complexity index is 872. The quantitative estimate of drug-likeness (QED) is 0.632. The first-order chi connectivity index (χ1) is 13.2. The summed E-state index contributed by atoms with van der Waals surface area (Å²) in [6.07, 6.45) is 1.76. The number of aromatic amines is 1. The molecule has 160 valence electrons. The van der Waals surface area contributed by atoms with Gasteiger partial charge in [-0.05, 0) is 31.5 Å². The van der Waals surface area contributed by atoms with Gasteiger partial charge in [0.2, 0.25) is 0 Å². The summed E-state index contributed by atoms with van der Waals surface area (Å²) in [5, 5.41) is 6.94. The van der Waals surface area contributed by atoms with Gasteiger partial charge in [0.15, 0.2) is 0 Å². The van der Waals surface area contributed by atoms with Gasteiger partial charge < -0.3 is 20.4 Å². The summed E-state index contributed by atoms with van der Waals surface area (Å²) < 4.78 is 5.65. The first-order valence-electron chi connectivity index (χ1n) is 9.52. The van der Waals surface area contributed by atoms with Gasteiger partial charge in [0, 0.05) is 25.7 Å². The second kappa shape index (κ2) is 10.9. The average Bonchev–Trinajstić information content (AvgIpc) is 3.20. The Morgan fingerprint density at radius 1 is 1.31 bits per heavy atom. The van der Waals surface area contributed by atoms with Gasteiger partial charge in [0.25, 0.3) is 11.5 Å². The molecule has 2 saturated heterocycles. The number of nitrogens with zero attached hydrogens (tertiary/aromatic N) is 2. The van der Waals surface area contributed by atoms with Crippen LogP contribution >= 0.6 is 24.8 Å². The molecule has 0 spiro atoms. The minimum Gasteiger partial charge on any atom is -0.366 e. The largest absolute Gasteiger partial charge is 0.366 e. The van der Waals surface area contributed by atoms with Gasteiger partial charge in [0.1, 0.15) is 11.9 Å². The molecular weight excluding hydrogens is 417 g/mol. The number of rotatable bonds is 5. The fraction of sp³-hybridized carbons (Fsp3) is 0.526. The van der Waals surface area contributed by atoms with E-state index in [-0.39, 0.29) is 36.3 Å². The fourth-order valence-corrected chi connectivity index (χ4v) is 3.69. The monoisotopic (exact) mass is 443 g/mol. The van der Waals surface area contributed by atoms with Crippen LogP contribution in [0.15, 0.2) is 29.1 Å². The highest BCUT2D eigenvalue weighted by atomic mass is 35.5. The van der Waals surface area contributed by atoms with Crippen LogP contribution in [0.5, 0.6) is 0 Å². The second-order valence-corrected chi connectivity index (χ2v) is 7.16. The van der Waals surface area contributed by atoms with Gasteiger partial charge in [-0.15, -0.1) is 24.8 Å². The highest BCUT2D eigenvalue weighted by molar-refractivity contribution is 5.85. The summed E-state index contributed by atoms with van der Waals surface area (Å²) in [6.45, 7) is 3.81. The van der Waals surface area contributed by atoms with E-state index in [0.29, 0.717) is 55.6 Å². The van der Waals surface area contributed by atoms with Crippen LogP contribution in [-0.4, -0.2) is 65.7 Å². The zero-order valence-electron chi connectivity index (χ0n) is 16.1. The molecule has 2 fully saturated rings. The lowest BCUT2D eigenvalue weighted by molar-refractivity contribution is -0.138. The van der Waals surface area contributed by atoms with Crippen molar-refractivity contribution in [3.63, 3.8) is 0 Å². The van der Waals surface area contributed by atoms with Crippen molar-refractivity contribution in [2.24, 2.45) is 0 Å². The van der Waals surface area contributed by atoms with Crippen molar-refractivity contribution in [3.05, 3.63) is 40.4 Å². The molecule has 0 aliphatic carbocycles. The van der Waals surface area contributed by atoms with Gasteiger partial charge in [0.05, 0.1) is 24.1 Å². The molecule has 10 heteroatoms. The number of hydrogen-bond acceptors (Lipinski definition) is 6. The van der Waals surface area contributed by atoms with E-state index in [2.05, 4.69) is 25.5 Å². The van der Waals surface area contributed by atoms with Gasteiger partial charge in [-0.2, -0.15) is 0 Å². The van der Waals surface area contributed by atoms with E-state index < -0.39 is 6.10 Å². The number of hydrogen-bond donors (Lipinski definition) is 3. The third kappa shape index (κ3) is 5.90. The highest BCUT2D eigenvalue weighted by Gasteiger charge is 2.27. The van der Waals surface area contributed by atoms with Gasteiger partial charge in [-0.25, -0.2) is 4.98 Å². The van der Waals surface area contributed by atoms with E-state index in [0.717, 1.165) is 19.4 Å². The maximum atomic E-state index is 12.4. The Hall–Kier alpha value is -1.71. The van der Waals surface area contributed by atoms with Gasteiger partial charge in [-0.3, -0.25) is 14.5 Å². The maximum absolute atomic E-state index is 12.4. The molecule has 4 rings (SSSR count). The minimum absolute atomic E-state index is 0. The average molecular weight is 444 g/mol. The number of nitrogens with one attached hydrogen (secondary N) is 3. The number of H-pyrrole nitrogens is 1. The summed E-state index contributed by atoms with van der Waals surface area (Å²) in [5.41, 5.74) is 0.546. The molecule has 0 bridgehead atoms.